The smallest absolute Gasteiger partial charge is 0.387 e. The van der Waals surface area contributed by atoms with Gasteiger partial charge >= 0.3 is 6.61 Å². The molecule has 0 aliphatic carbocycles. The Hall–Kier alpha value is -1.11. The molecule has 0 radical (unpaired) electrons. The second-order valence-electron chi connectivity index (χ2n) is 4.87. The molecule has 0 fully saturated rings. The van der Waals surface area contributed by atoms with Gasteiger partial charge in [0.2, 0.25) is 5.91 Å². The predicted octanol–water partition coefficient (Wildman–Crippen LogP) is 3.91. The fourth-order valence-electron chi connectivity index (χ4n) is 1.68. The van der Waals surface area contributed by atoms with Gasteiger partial charge in [0.15, 0.2) is 5.75 Å². The third kappa shape index (κ3) is 5.65. The van der Waals surface area contributed by atoms with Crippen LogP contribution < -0.4 is 15.8 Å². The lowest BCUT2D eigenvalue weighted by Gasteiger charge is -2.15. The molecule has 1 aromatic rings. The first-order chi connectivity index (χ1) is 9.70. The summed E-state index contributed by atoms with van der Waals surface area (Å²) in [6.07, 6.45) is 0.514. The Kier molecular flexibility index (Phi) is 6.64. The molecule has 118 valence electrons. The van der Waals surface area contributed by atoms with Crippen molar-refractivity contribution >= 4 is 34.8 Å². The maximum Gasteiger partial charge on any atom is 0.387 e. The molecule has 3 N–H and O–H groups in total. The highest BCUT2D eigenvalue weighted by molar-refractivity contribution is 6.37. The zero-order chi connectivity index (χ0) is 16.2. The Morgan fingerprint density at radius 3 is 2.29 bits per heavy atom. The van der Waals surface area contributed by atoms with Gasteiger partial charge in [-0.2, -0.15) is 8.78 Å². The summed E-state index contributed by atoms with van der Waals surface area (Å²) in [4.78, 5) is 11.9. The van der Waals surface area contributed by atoms with Crippen molar-refractivity contribution in [1.29, 1.82) is 0 Å². The highest BCUT2D eigenvalue weighted by Crippen LogP contribution is 2.37. The van der Waals surface area contributed by atoms with Gasteiger partial charge in [-0.1, -0.05) is 37.0 Å². The van der Waals surface area contributed by atoms with Crippen LogP contribution >= 0.6 is 23.2 Å². The molecule has 1 amide bonds. The van der Waals surface area contributed by atoms with Crippen LogP contribution in [0, 0.1) is 5.92 Å². The normalized spacial score (nSPS) is 12.6. The third-order valence-corrected chi connectivity index (χ3v) is 3.10. The maximum atomic E-state index is 12.2. The van der Waals surface area contributed by atoms with E-state index in [9.17, 15) is 13.6 Å². The fourth-order valence-corrected chi connectivity index (χ4v) is 2.26. The minimum atomic E-state index is -3.04. The van der Waals surface area contributed by atoms with Crippen molar-refractivity contribution in [3.05, 3.63) is 22.2 Å². The topological polar surface area (TPSA) is 64.4 Å². The van der Waals surface area contributed by atoms with Gasteiger partial charge in [-0.3, -0.25) is 4.79 Å². The van der Waals surface area contributed by atoms with E-state index in [1.165, 1.54) is 12.1 Å². The lowest BCUT2D eigenvalue weighted by Crippen LogP contribution is -2.36. The standard InChI is InChI=1S/C13H16Cl2F2N2O2/c1-6(2)3-10(18)12(20)19-7-4-8(14)11(9(15)5-7)21-13(16)17/h4-6,10,13H,3,18H2,1-2H3,(H,19,20). The number of halogens is 4. The minimum Gasteiger partial charge on any atom is -0.432 e. The third-order valence-electron chi connectivity index (χ3n) is 2.53. The summed E-state index contributed by atoms with van der Waals surface area (Å²) in [5.74, 6) is -0.476. The molecule has 1 atom stereocenters. The van der Waals surface area contributed by atoms with Crippen LogP contribution in [0.15, 0.2) is 12.1 Å². The molecular weight excluding hydrogens is 325 g/mol. The Labute approximate surface area is 131 Å². The van der Waals surface area contributed by atoms with E-state index in [2.05, 4.69) is 10.1 Å². The van der Waals surface area contributed by atoms with Crippen molar-refractivity contribution in [2.24, 2.45) is 11.7 Å². The number of carbonyl (C=O) groups is 1. The van der Waals surface area contributed by atoms with E-state index in [-0.39, 0.29) is 27.4 Å². The zero-order valence-electron chi connectivity index (χ0n) is 11.5. The average Bonchev–Trinajstić information content (AvgIpc) is 2.32. The molecule has 0 aromatic heterocycles. The van der Waals surface area contributed by atoms with Gasteiger partial charge < -0.3 is 15.8 Å². The van der Waals surface area contributed by atoms with Crippen LogP contribution in [0.3, 0.4) is 0 Å². The molecule has 4 nitrogen and oxygen atoms in total. The van der Waals surface area contributed by atoms with E-state index in [1.807, 2.05) is 13.8 Å². The highest BCUT2D eigenvalue weighted by Gasteiger charge is 2.18. The van der Waals surface area contributed by atoms with E-state index in [1.54, 1.807) is 0 Å². The van der Waals surface area contributed by atoms with E-state index in [4.69, 9.17) is 28.9 Å². The van der Waals surface area contributed by atoms with E-state index in [0.29, 0.717) is 6.42 Å². The second-order valence-corrected chi connectivity index (χ2v) is 5.69. The Morgan fingerprint density at radius 1 is 1.33 bits per heavy atom. The molecule has 0 aliphatic heterocycles. The Morgan fingerprint density at radius 2 is 1.86 bits per heavy atom. The van der Waals surface area contributed by atoms with Crippen LogP contribution in [0.4, 0.5) is 14.5 Å². The van der Waals surface area contributed by atoms with Crippen molar-refractivity contribution in [2.75, 3.05) is 5.32 Å². The summed E-state index contributed by atoms with van der Waals surface area (Å²) >= 11 is 11.6. The maximum absolute atomic E-state index is 12.2. The second kappa shape index (κ2) is 7.77. The van der Waals surface area contributed by atoms with Gasteiger partial charge in [0, 0.05) is 5.69 Å². The number of alkyl halides is 2. The SMILES string of the molecule is CC(C)CC(N)C(=O)Nc1cc(Cl)c(OC(F)F)c(Cl)c1. The average molecular weight is 341 g/mol. The number of ether oxygens (including phenoxy) is 1. The number of nitrogens with two attached hydrogens (primary N) is 1. The number of carbonyl (C=O) groups excluding carboxylic acids is 1. The summed E-state index contributed by atoms with van der Waals surface area (Å²) in [5, 5.41) is 2.28. The van der Waals surface area contributed by atoms with Crippen LogP contribution in [-0.4, -0.2) is 18.6 Å². The first-order valence-electron chi connectivity index (χ1n) is 6.21. The zero-order valence-corrected chi connectivity index (χ0v) is 13.0. The summed E-state index contributed by atoms with van der Waals surface area (Å²) in [6.45, 7) is 0.842. The summed E-state index contributed by atoms with van der Waals surface area (Å²) in [6, 6.07) is 1.86. The lowest BCUT2D eigenvalue weighted by atomic mass is 10.0. The van der Waals surface area contributed by atoms with Crippen LogP contribution in [0.25, 0.3) is 0 Å². The van der Waals surface area contributed by atoms with Gasteiger partial charge in [0.05, 0.1) is 16.1 Å². The van der Waals surface area contributed by atoms with Gasteiger partial charge in [0.1, 0.15) is 0 Å². The molecule has 0 saturated carbocycles. The van der Waals surface area contributed by atoms with Crippen LogP contribution in [0.5, 0.6) is 5.75 Å². The van der Waals surface area contributed by atoms with Crippen LogP contribution in [0.1, 0.15) is 20.3 Å². The minimum absolute atomic E-state index is 0.129. The van der Waals surface area contributed by atoms with E-state index < -0.39 is 18.6 Å². The van der Waals surface area contributed by atoms with Crippen molar-refractivity contribution in [3.63, 3.8) is 0 Å². The first-order valence-corrected chi connectivity index (χ1v) is 6.96. The molecule has 0 saturated heterocycles. The van der Waals surface area contributed by atoms with Crippen LogP contribution in [0.2, 0.25) is 10.0 Å². The summed E-state index contributed by atoms with van der Waals surface area (Å²) < 4.78 is 28.6. The molecular formula is C13H16Cl2F2N2O2. The van der Waals surface area contributed by atoms with Crippen molar-refractivity contribution < 1.29 is 18.3 Å². The van der Waals surface area contributed by atoms with Crippen molar-refractivity contribution in [1.82, 2.24) is 0 Å². The number of hydrogen-bond acceptors (Lipinski definition) is 3. The lowest BCUT2D eigenvalue weighted by molar-refractivity contribution is -0.117. The summed E-state index contributed by atoms with van der Waals surface area (Å²) in [5.41, 5.74) is 6.00. The number of hydrogen-bond donors (Lipinski definition) is 2. The number of anilines is 1. The molecule has 0 bridgehead atoms. The quantitative estimate of drug-likeness (QED) is 0.825. The van der Waals surface area contributed by atoms with Gasteiger partial charge in [-0.15, -0.1) is 0 Å². The predicted molar refractivity (Wildman–Crippen MR) is 79.2 cm³/mol. The molecule has 0 spiro atoms. The first kappa shape index (κ1) is 17.9. The molecule has 1 rings (SSSR count). The molecule has 1 unspecified atom stereocenters. The Balaban J connectivity index is 2.84. The number of amides is 1. The fraction of sp³-hybridized carbons (Fsp3) is 0.462. The van der Waals surface area contributed by atoms with Gasteiger partial charge in [0.25, 0.3) is 0 Å². The highest BCUT2D eigenvalue weighted by atomic mass is 35.5. The Bertz CT molecular complexity index is 490. The molecule has 8 heteroatoms. The van der Waals surface area contributed by atoms with E-state index >= 15 is 0 Å². The number of rotatable bonds is 6. The molecule has 0 aliphatic rings. The van der Waals surface area contributed by atoms with Gasteiger partial charge in [-0.25, -0.2) is 0 Å². The summed E-state index contributed by atoms with van der Waals surface area (Å²) in [7, 11) is 0. The van der Waals surface area contributed by atoms with Gasteiger partial charge in [-0.05, 0) is 24.5 Å². The molecule has 1 aromatic carbocycles. The number of nitrogens with one attached hydrogen (secondary N) is 1. The van der Waals surface area contributed by atoms with Crippen molar-refractivity contribution in [3.8, 4) is 5.75 Å². The molecule has 21 heavy (non-hydrogen) atoms. The number of benzene rings is 1. The van der Waals surface area contributed by atoms with Crippen LogP contribution in [-0.2, 0) is 4.79 Å². The molecule has 0 heterocycles. The largest absolute Gasteiger partial charge is 0.432 e. The monoisotopic (exact) mass is 340 g/mol. The van der Waals surface area contributed by atoms with Crippen molar-refractivity contribution in [2.45, 2.75) is 32.9 Å². The van der Waals surface area contributed by atoms with E-state index in [0.717, 1.165) is 0 Å².